The van der Waals surface area contributed by atoms with Crippen LogP contribution in [0.25, 0.3) is 0 Å². The molecule has 0 radical (unpaired) electrons. The van der Waals surface area contributed by atoms with Crippen LogP contribution in [0.1, 0.15) is 25.3 Å². The molecule has 1 unspecified atom stereocenters. The van der Waals surface area contributed by atoms with Crippen LogP contribution in [0.4, 0.5) is 0 Å². The number of piperazine rings is 1. The Labute approximate surface area is 188 Å². The minimum Gasteiger partial charge on any atom is -0.467 e. The third-order valence-electron chi connectivity index (χ3n) is 6.10. The molecule has 1 N–H and O–H groups in total. The fourth-order valence-electron chi connectivity index (χ4n) is 4.37. The summed E-state index contributed by atoms with van der Waals surface area (Å²) in [4.78, 5) is 54.7. The van der Waals surface area contributed by atoms with Gasteiger partial charge in [-0.15, -0.1) is 0 Å². The maximum atomic E-state index is 12.9. The molecule has 2 fully saturated rings. The molecule has 9 heteroatoms. The summed E-state index contributed by atoms with van der Waals surface area (Å²) in [5, 5.41) is 2.78. The van der Waals surface area contributed by atoms with Crippen LogP contribution in [0.15, 0.2) is 30.3 Å². The molecule has 3 rings (SSSR count). The first-order valence-electron chi connectivity index (χ1n) is 11.1. The molecule has 0 saturated carbocycles. The Morgan fingerprint density at radius 2 is 1.75 bits per heavy atom. The number of hydrogen-bond donors (Lipinski definition) is 1. The first-order valence-corrected chi connectivity index (χ1v) is 11.1. The van der Waals surface area contributed by atoms with E-state index < -0.39 is 12.0 Å². The number of carbonyl (C=O) groups is 4. The lowest BCUT2D eigenvalue weighted by Gasteiger charge is -2.37. The van der Waals surface area contributed by atoms with Crippen molar-refractivity contribution in [3.05, 3.63) is 35.9 Å². The van der Waals surface area contributed by atoms with Gasteiger partial charge < -0.3 is 19.9 Å². The topological polar surface area (TPSA) is 99.3 Å². The van der Waals surface area contributed by atoms with Gasteiger partial charge in [0.25, 0.3) is 0 Å². The summed E-state index contributed by atoms with van der Waals surface area (Å²) in [6.45, 7) is 4.43. The van der Waals surface area contributed by atoms with E-state index in [1.165, 1.54) is 14.0 Å². The molecule has 1 aromatic carbocycles. The van der Waals surface area contributed by atoms with E-state index in [2.05, 4.69) is 5.32 Å². The minimum atomic E-state index is -0.752. The molecule has 0 bridgehead atoms. The van der Waals surface area contributed by atoms with Crippen molar-refractivity contribution in [2.45, 2.75) is 38.3 Å². The Morgan fingerprint density at radius 1 is 1.06 bits per heavy atom. The van der Waals surface area contributed by atoms with E-state index in [9.17, 15) is 19.2 Å². The molecule has 1 aromatic rings. The Bertz CT molecular complexity index is 823. The monoisotopic (exact) mass is 444 g/mol. The van der Waals surface area contributed by atoms with Gasteiger partial charge in [-0.2, -0.15) is 0 Å². The van der Waals surface area contributed by atoms with Gasteiger partial charge in [0.15, 0.2) is 0 Å². The highest BCUT2D eigenvalue weighted by Gasteiger charge is 2.36. The number of nitrogens with one attached hydrogen (secondary N) is 1. The van der Waals surface area contributed by atoms with Gasteiger partial charge in [-0.25, -0.2) is 4.79 Å². The van der Waals surface area contributed by atoms with Gasteiger partial charge in [0.1, 0.15) is 12.1 Å². The van der Waals surface area contributed by atoms with E-state index in [4.69, 9.17) is 4.74 Å². The maximum absolute atomic E-state index is 12.9. The molecule has 2 heterocycles. The number of rotatable bonds is 7. The number of hydrogen-bond acceptors (Lipinski definition) is 6. The van der Waals surface area contributed by atoms with Gasteiger partial charge >= 0.3 is 5.97 Å². The van der Waals surface area contributed by atoms with Crippen molar-refractivity contribution in [1.29, 1.82) is 0 Å². The SMILES string of the molecule is COC(=O)C(Cc1ccccc1)NC(=O)CN1CCN(C(=O)[C@@H]2CCCN2C(C)=O)CC1. The number of nitrogens with zero attached hydrogens (tertiary/aromatic N) is 3. The van der Waals surface area contributed by atoms with Crippen LogP contribution in [0.2, 0.25) is 0 Å². The summed E-state index contributed by atoms with van der Waals surface area (Å²) < 4.78 is 4.85. The molecule has 9 nitrogen and oxygen atoms in total. The summed E-state index contributed by atoms with van der Waals surface area (Å²) in [6.07, 6.45) is 1.91. The lowest BCUT2D eigenvalue weighted by molar-refractivity contribution is -0.145. The molecular formula is C23H32N4O5. The third-order valence-corrected chi connectivity index (χ3v) is 6.10. The van der Waals surface area contributed by atoms with Gasteiger partial charge in [0, 0.05) is 46.1 Å². The summed E-state index contributed by atoms with van der Waals surface area (Å²) >= 11 is 0. The van der Waals surface area contributed by atoms with E-state index in [0.717, 1.165) is 12.0 Å². The van der Waals surface area contributed by atoms with Crippen molar-refractivity contribution < 1.29 is 23.9 Å². The van der Waals surface area contributed by atoms with Crippen LogP contribution in [0.5, 0.6) is 0 Å². The highest BCUT2D eigenvalue weighted by Crippen LogP contribution is 2.20. The van der Waals surface area contributed by atoms with E-state index >= 15 is 0 Å². The zero-order valence-electron chi connectivity index (χ0n) is 18.8. The van der Waals surface area contributed by atoms with Gasteiger partial charge in [-0.3, -0.25) is 19.3 Å². The molecule has 2 atom stereocenters. The summed E-state index contributed by atoms with van der Waals surface area (Å²) in [7, 11) is 1.31. The van der Waals surface area contributed by atoms with Gasteiger partial charge in [0.05, 0.1) is 13.7 Å². The molecule has 174 valence electrons. The first kappa shape index (κ1) is 23.7. The molecule has 2 saturated heterocycles. The molecule has 0 spiro atoms. The van der Waals surface area contributed by atoms with Crippen LogP contribution in [-0.4, -0.2) is 96.9 Å². The average molecular weight is 445 g/mol. The third kappa shape index (κ3) is 6.06. The molecule has 0 aliphatic carbocycles. The fourth-order valence-corrected chi connectivity index (χ4v) is 4.37. The van der Waals surface area contributed by atoms with Crippen molar-refractivity contribution >= 4 is 23.7 Å². The van der Waals surface area contributed by atoms with Crippen molar-refractivity contribution in [3.63, 3.8) is 0 Å². The molecule has 32 heavy (non-hydrogen) atoms. The fraction of sp³-hybridized carbons (Fsp3) is 0.565. The number of amides is 3. The zero-order valence-corrected chi connectivity index (χ0v) is 18.8. The van der Waals surface area contributed by atoms with Crippen molar-refractivity contribution in [1.82, 2.24) is 20.0 Å². The number of esters is 1. The Kier molecular flexibility index (Phi) is 8.21. The van der Waals surface area contributed by atoms with E-state index in [1.807, 2.05) is 35.2 Å². The number of likely N-dealkylation sites (tertiary alicyclic amines) is 1. The average Bonchev–Trinajstić information content (AvgIpc) is 3.29. The zero-order chi connectivity index (χ0) is 23.1. The Hall–Kier alpha value is -2.94. The number of carbonyl (C=O) groups excluding carboxylic acids is 4. The van der Waals surface area contributed by atoms with Crippen LogP contribution < -0.4 is 5.32 Å². The largest absolute Gasteiger partial charge is 0.467 e. The quantitative estimate of drug-likeness (QED) is 0.597. The van der Waals surface area contributed by atoms with Gasteiger partial charge in [-0.05, 0) is 18.4 Å². The maximum Gasteiger partial charge on any atom is 0.328 e. The predicted octanol–water partition coefficient (Wildman–Crippen LogP) is 0.0420. The highest BCUT2D eigenvalue weighted by molar-refractivity contribution is 5.88. The van der Waals surface area contributed by atoms with Crippen LogP contribution >= 0.6 is 0 Å². The second kappa shape index (κ2) is 11.1. The highest BCUT2D eigenvalue weighted by atomic mass is 16.5. The normalized spacial score (nSPS) is 20.0. The Balaban J connectivity index is 1.48. The number of methoxy groups -OCH3 is 1. The molecular weight excluding hydrogens is 412 g/mol. The smallest absolute Gasteiger partial charge is 0.328 e. The van der Waals surface area contributed by atoms with E-state index in [-0.39, 0.29) is 30.3 Å². The molecule has 2 aliphatic rings. The lowest BCUT2D eigenvalue weighted by atomic mass is 10.1. The van der Waals surface area contributed by atoms with Crippen molar-refractivity contribution in [2.75, 3.05) is 46.4 Å². The lowest BCUT2D eigenvalue weighted by Crippen LogP contribution is -2.56. The van der Waals surface area contributed by atoms with E-state index in [0.29, 0.717) is 45.6 Å². The minimum absolute atomic E-state index is 0.00424. The molecule has 0 aromatic heterocycles. The van der Waals surface area contributed by atoms with Crippen molar-refractivity contribution in [2.24, 2.45) is 0 Å². The van der Waals surface area contributed by atoms with Crippen molar-refractivity contribution in [3.8, 4) is 0 Å². The Morgan fingerprint density at radius 3 is 2.38 bits per heavy atom. The number of ether oxygens (including phenoxy) is 1. The van der Waals surface area contributed by atoms with Gasteiger partial charge in [-0.1, -0.05) is 30.3 Å². The van der Waals surface area contributed by atoms with E-state index in [1.54, 1.807) is 9.80 Å². The molecule has 3 amide bonds. The second-order valence-corrected chi connectivity index (χ2v) is 8.30. The summed E-state index contributed by atoms with van der Waals surface area (Å²) in [5.41, 5.74) is 0.932. The second-order valence-electron chi connectivity index (χ2n) is 8.30. The predicted molar refractivity (Wildman–Crippen MR) is 118 cm³/mol. The summed E-state index contributed by atoms with van der Waals surface area (Å²) in [6, 6.07) is 8.34. The van der Waals surface area contributed by atoms with Crippen LogP contribution in [-0.2, 0) is 30.3 Å². The standard InChI is InChI=1S/C23H32N4O5/c1-17(28)27-10-6-9-20(27)22(30)26-13-11-25(12-14-26)16-21(29)24-19(23(31)32-2)15-18-7-4-3-5-8-18/h3-5,7-8,19-20H,6,9-16H2,1-2H3,(H,24,29)/t19?,20-/m0/s1. The molecule has 2 aliphatic heterocycles. The van der Waals surface area contributed by atoms with Crippen LogP contribution in [0, 0.1) is 0 Å². The number of benzene rings is 1. The summed E-state index contributed by atoms with van der Waals surface area (Å²) in [5.74, 6) is -0.805. The van der Waals surface area contributed by atoms with Crippen LogP contribution in [0.3, 0.4) is 0 Å². The van der Waals surface area contributed by atoms with Gasteiger partial charge in [0.2, 0.25) is 17.7 Å². The first-order chi connectivity index (χ1) is 15.4.